The predicted octanol–water partition coefficient (Wildman–Crippen LogP) is 2.29. The second-order valence-electron chi connectivity index (χ2n) is 3.38. The topological polar surface area (TPSA) is 44.5 Å². The molecular formula is C12H19NO2S. The van der Waals surface area contributed by atoms with Crippen LogP contribution in [-0.2, 0) is 6.54 Å². The summed E-state index contributed by atoms with van der Waals surface area (Å²) in [7, 11) is 1.64. The van der Waals surface area contributed by atoms with E-state index < -0.39 is 0 Å². The molecule has 0 atom stereocenters. The number of ether oxygens (including phenoxy) is 2. The lowest BCUT2D eigenvalue weighted by atomic mass is 10.2. The lowest BCUT2D eigenvalue weighted by Gasteiger charge is -2.11. The monoisotopic (exact) mass is 241 g/mol. The maximum absolute atomic E-state index is 5.65. The molecule has 4 heteroatoms. The molecule has 0 bridgehead atoms. The van der Waals surface area contributed by atoms with Crippen molar-refractivity contribution < 1.29 is 9.47 Å². The quantitative estimate of drug-likeness (QED) is 0.744. The zero-order valence-electron chi connectivity index (χ0n) is 9.86. The van der Waals surface area contributed by atoms with E-state index in [9.17, 15) is 0 Å². The van der Waals surface area contributed by atoms with Gasteiger partial charge in [-0.15, -0.1) is 0 Å². The molecule has 3 nitrogen and oxygen atoms in total. The van der Waals surface area contributed by atoms with E-state index in [1.54, 1.807) is 7.11 Å². The molecule has 16 heavy (non-hydrogen) atoms. The fraction of sp³-hybridized carbons (Fsp3) is 0.500. The van der Waals surface area contributed by atoms with Crippen molar-refractivity contribution >= 4 is 11.8 Å². The summed E-state index contributed by atoms with van der Waals surface area (Å²) in [4.78, 5) is 0. The van der Waals surface area contributed by atoms with Gasteiger partial charge in [-0.25, -0.2) is 0 Å². The smallest absolute Gasteiger partial charge is 0.161 e. The second-order valence-corrected chi connectivity index (χ2v) is 4.37. The highest BCUT2D eigenvalue weighted by Gasteiger charge is 2.04. The molecule has 0 radical (unpaired) electrons. The summed E-state index contributed by atoms with van der Waals surface area (Å²) >= 11 is 1.83. The van der Waals surface area contributed by atoms with Crippen molar-refractivity contribution in [3.8, 4) is 11.5 Å². The SMILES string of the molecule is COc1cc(CN)ccc1OCCCSC. The fourth-order valence-electron chi connectivity index (χ4n) is 1.34. The van der Waals surface area contributed by atoms with E-state index in [1.165, 1.54) is 0 Å². The molecule has 0 unspecified atom stereocenters. The van der Waals surface area contributed by atoms with Gasteiger partial charge in [-0.05, 0) is 36.1 Å². The van der Waals surface area contributed by atoms with Crippen LogP contribution in [0.15, 0.2) is 18.2 Å². The average Bonchev–Trinajstić information content (AvgIpc) is 2.34. The number of nitrogens with two attached hydrogens (primary N) is 1. The summed E-state index contributed by atoms with van der Waals surface area (Å²) in [6.07, 6.45) is 3.14. The molecule has 1 aromatic carbocycles. The number of hydrogen-bond donors (Lipinski definition) is 1. The van der Waals surface area contributed by atoms with Crippen molar-refractivity contribution in [2.45, 2.75) is 13.0 Å². The summed E-state index contributed by atoms with van der Waals surface area (Å²) in [5, 5.41) is 0. The number of thioether (sulfide) groups is 1. The first-order valence-corrected chi connectivity index (χ1v) is 6.70. The minimum Gasteiger partial charge on any atom is -0.493 e. The van der Waals surface area contributed by atoms with E-state index in [0.29, 0.717) is 6.54 Å². The van der Waals surface area contributed by atoms with Crippen LogP contribution < -0.4 is 15.2 Å². The molecule has 1 aromatic rings. The second kappa shape index (κ2) is 7.41. The molecule has 0 heterocycles. The van der Waals surface area contributed by atoms with Gasteiger partial charge in [-0.1, -0.05) is 6.07 Å². The van der Waals surface area contributed by atoms with E-state index in [0.717, 1.165) is 35.8 Å². The lowest BCUT2D eigenvalue weighted by Crippen LogP contribution is -2.02. The van der Waals surface area contributed by atoms with Gasteiger partial charge in [0.15, 0.2) is 11.5 Å². The molecule has 1 rings (SSSR count). The average molecular weight is 241 g/mol. The first-order valence-electron chi connectivity index (χ1n) is 5.30. The lowest BCUT2D eigenvalue weighted by molar-refractivity contribution is 0.295. The Kier molecular flexibility index (Phi) is 6.11. The van der Waals surface area contributed by atoms with Crippen molar-refractivity contribution in [1.82, 2.24) is 0 Å². The van der Waals surface area contributed by atoms with Crippen LogP contribution in [0.1, 0.15) is 12.0 Å². The largest absolute Gasteiger partial charge is 0.493 e. The third-order valence-corrected chi connectivity index (χ3v) is 2.91. The van der Waals surface area contributed by atoms with Gasteiger partial charge in [0.2, 0.25) is 0 Å². The Labute approximate surface area is 101 Å². The first kappa shape index (κ1) is 13.2. The molecule has 0 aliphatic rings. The predicted molar refractivity (Wildman–Crippen MR) is 69.4 cm³/mol. The molecule has 0 amide bonds. The third-order valence-electron chi connectivity index (χ3n) is 2.21. The Morgan fingerprint density at radius 2 is 2.12 bits per heavy atom. The van der Waals surface area contributed by atoms with Gasteiger partial charge in [0, 0.05) is 6.54 Å². The van der Waals surface area contributed by atoms with E-state index in [2.05, 4.69) is 6.26 Å². The molecule has 0 aliphatic heterocycles. The maximum Gasteiger partial charge on any atom is 0.161 e. The standard InChI is InChI=1S/C12H19NO2S/c1-14-12-8-10(9-13)4-5-11(12)15-6-3-7-16-2/h4-5,8H,3,6-7,9,13H2,1-2H3. The zero-order valence-corrected chi connectivity index (χ0v) is 10.7. The Hall–Kier alpha value is -0.870. The van der Waals surface area contributed by atoms with Gasteiger partial charge in [0.05, 0.1) is 13.7 Å². The van der Waals surface area contributed by atoms with Crippen molar-refractivity contribution in [2.24, 2.45) is 5.73 Å². The van der Waals surface area contributed by atoms with Gasteiger partial charge < -0.3 is 15.2 Å². The van der Waals surface area contributed by atoms with Crippen LogP contribution in [0.3, 0.4) is 0 Å². The highest BCUT2D eigenvalue weighted by Crippen LogP contribution is 2.28. The number of benzene rings is 1. The van der Waals surface area contributed by atoms with Crippen LogP contribution >= 0.6 is 11.8 Å². The van der Waals surface area contributed by atoms with Crippen molar-refractivity contribution in [1.29, 1.82) is 0 Å². The fourth-order valence-corrected chi connectivity index (χ4v) is 1.75. The summed E-state index contributed by atoms with van der Waals surface area (Å²) in [6.45, 7) is 1.24. The van der Waals surface area contributed by atoms with Crippen LogP contribution in [0.4, 0.5) is 0 Å². The van der Waals surface area contributed by atoms with E-state index in [1.807, 2.05) is 30.0 Å². The number of methoxy groups -OCH3 is 1. The summed E-state index contributed by atoms with van der Waals surface area (Å²) in [6, 6.07) is 5.80. The zero-order chi connectivity index (χ0) is 11.8. The molecule has 90 valence electrons. The third kappa shape index (κ3) is 3.94. The first-order chi connectivity index (χ1) is 7.81. The van der Waals surface area contributed by atoms with Gasteiger partial charge >= 0.3 is 0 Å². The van der Waals surface area contributed by atoms with Crippen molar-refractivity contribution in [2.75, 3.05) is 25.7 Å². The molecular weight excluding hydrogens is 222 g/mol. The van der Waals surface area contributed by atoms with Crippen LogP contribution in [0.2, 0.25) is 0 Å². The Bertz CT molecular complexity index is 318. The maximum atomic E-state index is 5.65. The molecule has 0 spiro atoms. The van der Waals surface area contributed by atoms with Crippen LogP contribution in [0.25, 0.3) is 0 Å². The summed E-state index contributed by atoms with van der Waals surface area (Å²) in [5.74, 6) is 2.66. The molecule has 0 aromatic heterocycles. The van der Waals surface area contributed by atoms with Crippen molar-refractivity contribution in [3.05, 3.63) is 23.8 Å². The van der Waals surface area contributed by atoms with Gasteiger partial charge in [0.1, 0.15) is 0 Å². The van der Waals surface area contributed by atoms with E-state index >= 15 is 0 Å². The van der Waals surface area contributed by atoms with Gasteiger partial charge in [0.25, 0.3) is 0 Å². The summed E-state index contributed by atoms with van der Waals surface area (Å²) in [5.41, 5.74) is 6.61. The van der Waals surface area contributed by atoms with Crippen molar-refractivity contribution in [3.63, 3.8) is 0 Å². The summed E-state index contributed by atoms with van der Waals surface area (Å²) < 4.78 is 10.9. The minimum absolute atomic E-state index is 0.517. The molecule has 0 aliphatic carbocycles. The van der Waals surface area contributed by atoms with E-state index in [-0.39, 0.29) is 0 Å². The van der Waals surface area contributed by atoms with Crippen LogP contribution in [-0.4, -0.2) is 25.7 Å². The van der Waals surface area contributed by atoms with Gasteiger partial charge in [-0.3, -0.25) is 0 Å². The molecule has 0 fully saturated rings. The van der Waals surface area contributed by atoms with Crippen LogP contribution in [0, 0.1) is 0 Å². The number of hydrogen-bond acceptors (Lipinski definition) is 4. The molecule has 2 N–H and O–H groups in total. The number of rotatable bonds is 7. The normalized spacial score (nSPS) is 10.2. The molecule has 0 saturated carbocycles. The van der Waals surface area contributed by atoms with Crippen LogP contribution in [0.5, 0.6) is 11.5 Å². The molecule has 0 saturated heterocycles. The highest BCUT2D eigenvalue weighted by atomic mass is 32.2. The van der Waals surface area contributed by atoms with Gasteiger partial charge in [-0.2, -0.15) is 11.8 Å². The van der Waals surface area contributed by atoms with E-state index in [4.69, 9.17) is 15.2 Å². The Balaban J connectivity index is 2.57. The minimum atomic E-state index is 0.517. The Morgan fingerprint density at radius 3 is 2.75 bits per heavy atom. The Morgan fingerprint density at radius 1 is 1.31 bits per heavy atom. The highest BCUT2D eigenvalue weighted by molar-refractivity contribution is 7.98.